The van der Waals surface area contributed by atoms with Gasteiger partial charge in [0.05, 0.1) is 6.61 Å². The standard InChI is InChI=1S/C12H21NO3/c1-4-7-13(8-5-2)10-6-9-16-12(15-3)11(10)14/h4-5,10-12,14H,1-2,6-9H2,3H3/t10-,11-,12-/m1/s1. The van der Waals surface area contributed by atoms with Crippen molar-refractivity contribution in [1.82, 2.24) is 4.90 Å². The fourth-order valence-corrected chi connectivity index (χ4v) is 2.04. The molecule has 92 valence electrons. The summed E-state index contributed by atoms with van der Waals surface area (Å²) >= 11 is 0. The van der Waals surface area contributed by atoms with E-state index >= 15 is 0 Å². The van der Waals surface area contributed by atoms with Gasteiger partial charge in [-0.25, -0.2) is 0 Å². The molecule has 1 N–H and O–H groups in total. The first kappa shape index (κ1) is 13.4. The number of nitrogens with zero attached hydrogens (tertiary/aromatic N) is 1. The van der Waals surface area contributed by atoms with Gasteiger partial charge in [-0.3, -0.25) is 4.90 Å². The minimum atomic E-state index is -0.626. The Kier molecular flexibility index (Phi) is 5.69. The van der Waals surface area contributed by atoms with Gasteiger partial charge in [-0.15, -0.1) is 13.2 Å². The fraction of sp³-hybridized carbons (Fsp3) is 0.667. The van der Waals surface area contributed by atoms with E-state index in [1.54, 1.807) is 7.11 Å². The van der Waals surface area contributed by atoms with Crippen LogP contribution in [-0.4, -0.2) is 55.2 Å². The van der Waals surface area contributed by atoms with Crippen molar-refractivity contribution < 1.29 is 14.6 Å². The van der Waals surface area contributed by atoms with Gasteiger partial charge in [0.15, 0.2) is 6.29 Å². The zero-order valence-corrected chi connectivity index (χ0v) is 9.84. The van der Waals surface area contributed by atoms with Gasteiger partial charge in [0.1, 0.15) is 6.10 Å². The molecule has 1 aliphatic heterocycles. The predicted molar refractivity (Wildman–Crippen MR) is 63.1 cm³/mol. The van der Waals surface area contributed by atoms with Crippen LogP contribution in [0.25, 0.3) is 0 Å². The largest absolute Gasteiger partial charge is 0.386 e. The minimum Gasteiger partial charge on any atom is -0.386 e. The van der Waals surface area contributed by atoms with Crippen molar-refractivity contribution in [2.75, 3.05) is 26.8 Å². The van der Waals surface area contributed by atoms with Crippen LogP contribution in [0.3, 0.4) is 0 Å². The lowest BCUT2D eigenvalue weighted by Crippen LogP contribution is -2.53. The number of ether oxygens (including phenoxy) is 2. The van der Waals surface area contributed by atoms with Crippen LogP contribution in [-0.2, 0) is 9.47 Å². The van der Waals surface area contributed by atoms with E-state index in [1.807, 2.05) is 12.2 Å². The van der Waals surface area contributed by atoms with Gasteiger partial charge in [-0.1, -0.05) is 12.2 Å². The Balaban J connectivity index is 2.66. The second kappa shape index (κ2) is 6.81. The maximum atomic E-state index is 10.1. The van der Waals surface area contributed by atoms with Crippen LogP contribution in [0.15, 0.2) is 25.3 Å². The molecule has 4 nitrogen and oxygen atoms in total. The molecule has 0 aliphatic carbocycles. The summed E-state index contributed by atoms with van der Waals surface area (Å²) < 4.78 is 10.4. The van der Waals surface area contributed by atoms with Gasteiger partial charge >= 0.3 is 0 Å². The van der Waals surface area contributed by atoms with Gasteiger partial charge in [0.2, 0.25) is 0 Å². The summed E-state index contributed by atoms with van der Waals surface area (Å²) in [6.45, 7) is 9.50. The first-order valence-electron chi connectivity index (χ1n) is 5.53. The van der Waals surface area contributed by atoms with Crippen molar-refractivity contribution in [3.05, 3.63) is 25.3 Å². The molecule has 0 aromatic carbocycles. The van der Waals surface area contributed by atoms with Crippen molar-refractivity contribution >= 4 is 0 Å². The summed E-state index contributed by atoms with van der Waals surface area (Å²) in [5, 5.41) is 10.1. The van der Waals surface area contributed by atoms with E-state index in [-0.39, 0.29) is 6.04 Å². The zero-order chi connectivity index (χ0) is 12.0. The van der Waals surface area contributed by atoms with Crippen LogP contribution in [0, 0.1) is 0 Å². The maximum Gasteiger partial charge on any atom is 0.184 e. The van der Waals surface area contributed by atoms with Crippen LogP contribution in [0.4, 0.5) is 0 Å². The topological polar surface area (TPSA) is 41.9 Å². The van der Waals surface area contributed by atoms with E-state index in [1.165, 1.54) is 0 Å². The highest BCUT2D eigenvalue weighted by Crippen LogP contribution is 2.20. The summed E-state index contributed by atoms with van der Waals surface area (Å²) in [6, 6.07) is 0.0368. The summed E-state index contributed by atoms with van der Waals surface area (Å²) in [7, 11) is 1.54. The third-order valence-corrected chi connectivity index (χ3v) is 2.80. The lowest BCUT2D eigenvalue weighted by molar-refractivity contribution is -0.221. The molecule has 1 aliphatic rings. The Morgan fingerprint density at radius 2 is 2.06 bits per heavy atom. The van der Waals surface area contributed by atoms with Crippen molar-refractivity contribution in [3.8, 4) is 0 Å². The maximum absolute atomic E-state index is 10.1. The Morgan fingerprint density at radius 3 is 2.56 bits per heavy atom. The number of aliphatic hydroxyl groups is 1. The van der Waals surface area contributed by atoms with Gasteiger partial charge in [-0.05, 0) is 6.42 Å². The molecule has 16 heavy (non-hydrogen) atoms. The average molecular weight is 227 g/mol. The second-order valence-electron chi connectivity index (χ2n) is 3.85. The number of methoxy groups -OCH3 is 1. The fourth-order valence-electron chi connectivity index (χ4n) is 2.04. The van der Waals surface area contributed by atoms with Crippen molar-refractivity contribution in [2.24, 2.45) is 0 Å². The van der Waals surface area contributed by atoms with E-state index < -0.39 is 12.4 Å². The lowest BCUT2D eigenvalue weighted by Gasteiger charge is -2.39. The Morgan fingerprint density at radius 1 is 1.44 bits per heavy atom. The normalized spacial score (nSPS) is 30.3. The molecule has 4 heteroatoms. The predicted octanol–water partition coefficient (Wildman–Crippen LogP) is 0.783. The molecule has 0 unspecified atom stereocenters. The quantitative estimate of drug-likeness (QED) is 0.681. The van der Waals surface area contributed by atoms with Gasteiger partial charge in [0, 0.05) is 26.2 Å². The Bertz CT molecular complexity index is 222. The van der Waals surface area contributed by atoms with E-state index in [9.17, 15) is 5.11 Å². The summed E-state index contributed by atoms with van der Waals surface area (Å²) in [6.07, 6.45) is 3.29. The van der Waals surface area contributed by atoms with Gasteiger partial charge < -0.3 is 14.6 Å². The minimum absolute atomic E-state index is 0.0368. The Labute approximate surface area is 97.1 Å². The molecule has 1 rings (SSSR count). The molecule has 0 amide bonds. The summed E-state index contributed by atoms with van der Waals surface area (Å²) in [5.41, 5.74) is 0. The van der Waals surface area contributed by atoms with Crippen LogP contribution in [0.1, 0.15) is 6.42 Å². The van der Waals surface area contributed by atoms with E-state index in [2.05, 4.69) is 18.1 Å². The zero-order valence-electron chi connectivity index (χ0n) is 9.84. The highest BCUT2D eigenvalue weighted by Gasteiger charge is 2.35. The molecule has 3 atom stereocenters. The molecule has 1 heterocycles. The highest BCUT2D eigenvalue weighted by molar-refractivity contribution is 4.90. The van der Waals surface area contributed by atoms with Crippen LogP contribution in [0.2, 0.25) is 0 Å². The molecular weight excluding hydrogens is 206 g/mol. The molecule has 0 spiro atoms. The third kappa shape index (κ3) is 3.15. The van der Waals surface area contributed by atoms with E-state index in [0.717, 1.165) is 19.5 Å². The second-order valence-corrected chi connectivity index (χ2v) is 3.85. The number of rotatable bonds is 6. The number of aliphatic hydroxyl groups excluding tert-OH is 1. The average Bonchev–Trinajstić information content (AvgIpc) is 2.29. The molecular formula is C12H21NO3. The number of hydrogen-bond donors (Lipinski definition) is 1. The highest BCUT2D eigenvalue weighted by atomic mass is 16.7. The van der Waals surface area contributed by atoms with Crippen molar-refractivity contribution in [2.45, 2.75) is 24.9 Å². The number of hydrogen-bond acceptors (Lipinski definition) is 4. The monoisotopic (exact) mass is 227 g/mol. The summed E-state index contributed by atoms with van der Waals surface area (Å²) in [4.78, 5) is 2.12. The molecule has 0 aromatic heterocycles. The summed E-state index contributed by atoms with van der Waals surface area (Å²) in [5.74, 6) is 0. The third-order valence-electron chi connectivity index (χ3n) is 2.80. The molecule has 1 saturated heterocycles. The smallest absolute Gasteiger partial charge is 0.184 e. The lowest BCUT2D eigenvalue weighted by atomic mass is 10.0. The van der Waals surface area contributed by atoms with Crippen LogP contribution >= 0.6 is 0 Å². The Hall–Kier alpha value is -0.680. The molecule has 0 radical (unpaired) electrons. The van der Waals surface area contributed by atoms with Crippen LogP contribution < -0.4 is 0 Å². The van der Waals surface area contributed by atoms with Gasteiger partial charge in [-0.2, -0.15) is 0 Å². The van der Waals surface area contributed by atoms with Crippen LogP contribution in [0.5, 0.6) is 0 Å². The van der Waals surface area contributed by atoms with E-state index in [4.69, 9.17) is 9.47 Å². The molecule has 0 aromatic rings. The van der Waals surface area contributed by atoms with Crippen molar-refractivity contribution in [3.63, 3.8) is 0 Å². The SMILES string of the molecule is C=CCN(CC=C)[C@@H]1CCO[C@@H](OC)[C@@H]1O. The van der Waals surface area contributed by atoms with Gasteiger partial charge in [0.25, 0.3) is 0 Å². The molecule has 0 saturated carbocycles. The molecule has 1 fully saturated rings. The molecule has 0 bridgehead atoms. The first-order valence-corrected chi connectivity index (χ1v) is 5.53. The first-order chi connectivity index (χ1) is 7.74. The van der Waals surface area contributed by atoms with E-state index in [0.29, 0.717) is 6.61 Å². The van der Waals surface area contributed by atoms with Crippen molar-refractivity contribution in [1.29, 1.82) is 0 Å².